The zero-order chi connectivity index (χ0) is 56.7. The van der Waals surface area contributed by atoms with E-state index in [0.717, 1.165) is 45.5 Å². The van der Waals surface area contributed by atoms with Crippen molar-refractivity contribution in [2.24, 2.45) is 0 Å². The van der Waals surface area contributed by atoms with Gasteiger partial charge in [-0.2, -0.15) is 10.3 Å². The number of carbonyl (C=O) groups is 7. The first-order valence-electron chi connectivity index (χ1n) is 23.5. The molecule has 5 aromatic carbocycles. The molecule has 0 aliphatic heterocycles. The number of ether oxygens (including phenoxy) is 2. The third-order valence-electron chi connectivity index (χ3n) is 10.6. The molecule has 7 rings (SSSR count). The first kappa shape index (κ1) is 60.4. The highest BCUT2D eigenvalue weighted by Crippen LogP contribution is 2.25. The minimum absolute atomic E-state index is 0.00435. The number of H-pyrrole nitrogens is 2. The van der Waals surface area contributed by atoms with Gasteiger partial charge in [0.15, 0.2) is 18.5 Å². The van der Waals surface area contributed by atoms with Gasteiger partial charge in [-0.1, -0.05) is 140 Å². The number of ketones is 1. The van der Waals surface area contributed by atoms with E-state index in [2.05, 4.69) is 10.9 Å². The Hall–Kier alpha value is -8.44. The van der Waals surface area contributed by atoms with Crippen LogP contribution in [0.2, 0.25) is 10.0 Å². The molecule has 6 N–H and O–H groups in total. The van der Waals surface area contributed by atoms with Gasteiger partial charge in [0.1, 0.15) is 0 Å². The maximum absolute atomic E-state index is 12.6. The highest BCUT2D eigenvalue weighted by atomic mass is 35.5. The number of benzene rings is 5. The van der Waals surface area contributed by atoms with Gasteiger partial charge in [-0.25, -0.2) is 19.6 Å². The number of aromatic nitrogens is 2. The number of Topliss-reactive ketones (excluding diaryl/α,β-unsaturated/α-hetero) is 1. The second-order valence-electron chi connectivity index (χ2n) is 16.5. The molecule has 21 nitrogen and oxygen atoms in total. The zero-order valence-corrected chi connectivity index (χ0v) is 43.9. The topological polar surface area (TPSA) is 301 Å². The summed E-state index contributed by atoms with van der Waals surface area (Å²) in [5.41, 5.74) is 9.30. The number of nitrogens with zero attached hydrogens (tertiary/aromatic N) is 2. The normalized spacial score (nSPS) is 11.4. The van der Waals surface area contributed by atoms with Crippen LogP contribution in [0.25, 0.3) is 22.3 Å². The van der Waals surface area contributed by atoms with Crippen molar-refractivity contribution in [3.8, 4) is 22.3 Å². The Morgan fingerprint density at radius 2 is 1.08 bits per heavy atom. The number of carboxylic acids is 1. The number of hydrazine groups is 2. The fourth-order valence-electron chi connectivity index (χ4n) is 6.70. The van der Waals surface area contributed by atoms with Gasteiger partial charge in [-0.3, -0.25) is 44.4 Å². The molecule has 0 saturated carbocycles. The Kier molecular flexibility index (Phi) is 23.5. The van der Waals surface area contributed by atoms with Crippen molar-refractivity contribution in [3.63, 3.8) is 0 Å². The lowest BCUT2D eigenvalue weighted by Crippen LogP contribution is -2.48. The third-order valence-corrected chi connectivity index (χ3v) is 11.3. The number of hydrogen-bond acceptors (Lipinski definition) is 16. The SMILES string of the molecule is CCC(=O)Cl.CCC(=O)O[C@H](CN(Cc1ccc(-c2cccc(Cl)c2)cc1)NC(=O)c1cc(=O)[nH]o1)C(=O)O.O=C(COC(=O)[C@H](O)CN(Cc1ccc(-c2cccc(Cl)c2)cc1)NC(=O)c1cc(=O)[nH]o1)c1ccccc1. The average molecular weight is 1130 g/mol. The summed E-state index contributed by atoms with van der Waals surface area (Å²) in [6.45, 7) is 2.12. The number of carboxylic acid groups (broad SMARTS) is 1. The number of carbonyl (C=O) groups excluding carboxylic acids is 6. The molecular formula is C54H51Cl3N6O15. The highest BCUT2D eigenvalue weighted by molar-refractivity contribution is 6.63. The second kappa shape index (κ2) is 30.3. The molecule has 7 aromatic rings. The molecule has 0 spiro atoms. The van der Waals surface area contributed by atoms with E-state index in [4.69, 9.17) is 53.3 Å². The first-order valence-corrected chi connectivity index (χ1v) is 24.7. The van der Waals surface area contributed by atoms with Gasteiger partial charge in [0.05, 0.1) is 25.2 Å². The van der Waals surface area contributed by atoms with Gasteiger partial charge >= 0.3 is 29.7 Å². The molecule has 0 bridgehead atoms. The molecule has 0 aliphatic rings. The Balaban J connectivity index is 0.000000266. The number of nitrogens with one attached hydrogen (secondary N) is 4. The van der Waals surface area contributed by atoms with E-state index in [-0.39, 0.29) is 49.4 Å². The number of aromatic amines is 2. The zero-order valence-electron chi connectivity index (χ0n) is 41.6. The van der Waals surface area contributed by atoms with Crippen LogP contribution in [0.15, 0.2) is 158 Å². The van der Waals surface area contributed by atoms with Crippen molar-refractivity contribution in [2.75, 3.05) is 19.7 Å². The Morgan fingerprint density at radius 1 is 0.615 bits per heavy atom. The smallest absolute Gasteiger partial charge is 0.346 e. The number of amides is 2. The van der Waals surface area contributed by atoms with Crippen molar-refractivity contribution in [1.29, 1.82) is 0 Å². The first-order chi connectivity index (χ1) is 37.3. The van der Waals surface area contributed by atoms with Gasteiger partial charge in [-0.05, 0) is 69.2 Å². The van der Waals surface area contributed by atoms with Gasteiger partial charge in [-0.15, -0.1) is 0 Å². The van der Waals surface area contributed by atoms with E-state index < -0.39 is 65.4 Å². The van der Waals surface area contributed by atoms with Gasteiger partial charge in [0.25, 0.3) is 11.1 Å². The van der Waals surface area contributed by atoms with E-state index in [1.807, 2.05) is 83.1 Å². The third kappa shape index (κ3) is 19.9. The van der Waals surface area contributed by atoms with Crippen LogP contribution in [0, 0.1) is 0 Å². The molecular weight excluding hydrogens is 1080 g/mol. The monoisotopic (exact) mass is 1130 g/mol. The van der Waals surface area contributed by atoms with Crippen LogP contribution < -0.4 is 22.0 Å². The van der Waals surface area contributed by atoms with Crippen molar-refractivity contribution >= 4 is 75.6 Å². The summed E-state index contributed by atoms with van der Waals surface area (Å²) in [5.74, 6) is -5.66. The van der Waals surface area contributed by atoms with Crippen LogP contribution in [0.1, 0.15) is 69.3 Å². The summed E-state index contributed by atoms with van der Waals surface area (Å²) in [6.07, 6.45) is -2.80. The minimum Gasteiger partial charge on any atom is -0.478 e. The summed E-state index contributed by atoms with van der Waals surface area (Å²) in [4.78, 5) is 105. The number of rotatable bonds is 22. The number of halogens is 3. The molecule has 408 valence electrons. The molecule has 0 aliphatic carbocycles. The van der Waals surface area contributed by atoms with Crippen LogP contribution in [0.5, 0.6) is 0 Å². The number of esters is 2. The maximum Gasteiger partial charge on any atom is 0.346 e. The van der Waals surface area contributed by atoms with Crippen molar-refractivity contribution < 1.29 is 62.3 Å². The summed E-state index contributed by atoms with van der Waals surface area (Å²) in [6, 6.07) is 39.6. The number of aliphatic carboxylic acids is 1. The quantitative estimate of drug-likeness (QED) is 0.0169. The number of hydrogen-bond donors (Lipinski definition) is 6. The average Bonchev–Trinajstić information content (AvgIpc) is 4.09. The lowest BCUT2D eigenvalue weighted by Gasteiger charge is -2.25. The molecule has 2 heterocycles. The lowest BCUT2D eigenvalue weighted by atomic mass is 10.0. The minimum atomic E-state index is -1.70. The van der Waals surface area contributed by atoms with Crippen LogP contribution in [-0.2, 0) is 41.7 Å². The molecule has 0 radical (unpaired) electrons. The molecule has 2 atom stereocenters. The van der Waals surface area contributed by atoms with Gasteiger partial charge in [0, 0.05) is 41.5 Å². The standard InChI is InChI=1S/C28H24ClN3O7.C23H22ClN3O7.C3H5ClO/c29-22-8-4-7-21(13-22)19-11-9-18(10-12-19)15-32(30-27(36)25-14-26(35)31-39-25)16-23(33)28(37)38-17-24(34)20-5-2-1-3-6-20;1-2-21(29)33-19(23(31)32)13-27(25-22(30)18-11-20(28)26-34-18)12-14-6-8-15(9-7-14)16-4-3-5-17(24)10-16;1-2-3(4)5/h1-14,23,33H,15-17H2,(H,30,36)(H,31,35);3-11,19H,2,12-13H2,1H3,(H,25,30)(H,26,28)(H,31,32);2H2,1H3/t23-;19-;/m11./s1. The Bertz CT molecular complexity index is 3270. The van der Waals surface area contributed by atoms with Gasteiger partial charge < -0.3 is 28.7 Å². The van der Waals surface area contributed by atoms with Crippen molar-refractivity contribution in [1.82, 2.24) is 31.2 Å². The molecule has 0 fully saturated rings. The molecule has 24 heteroatoms. The fraction of sp³-hybridized carbons (Fsp3) is 0.204. The summed E-state index contributed by atoms with van der Waals surface area (Å²) in [7, 11) is 0. The van der Waals surface area contributed by atoms with E-state index in [9.17, 15) is 53.4 Å². The van der Waals surface area contributed by atoms with Crippen molar-refractivity contribution in [2.45, 2.75) is 52.0 Å². The fourth-order valence-corrected chi connectivity index (χ4v) is 7.08. The van der Waals surface area contributed by atoms with E-state index in [1.165, 1.54) is 16.9 Å². The van der Waals surface area contributed by atoms with E-state index in [0.29, 0.717) is 22.0 Å². The van der Waals surface area contributed by atoms with Crippen LogP contribution in [0.4, 0.5) is 0 Å². The van der Waals surface area contributed by atoms with Crippen LogP contribution in [-0.4, -0.2) is 103 Å². The molecule has 0 saturated heterocycles. The summed E-state index contributed by atoms with van der Waals surface area (Å²) < 4.78 is 19.6. The highest BCUT2D eigenvalue weighted by Gasteiger charge is 2.28. The van der Waals surface area contributed by atoms with Crippen LogP contribution >= 0.6 is 34.8 Å². The van der Waals surface area contributed by atoms with E-state index >= 15 is 0 Å². The molecule has 2 amide bonds. The summed E-state index contributed by atoms with van der Waals surface area (Å²) in [5, 5.41) is 27.5. The van der Waals surface area contributed by atoms with Crippen molar-refractivity contribution in [3.05, 3.63) is 198 Å². The Morgan fingerprint density at radius 3 is 1.47 bits per heavy atom. The predicted molar refractivity (Wildman–Crippen MR) is 285 cm³/mol. The molecule has 0 unspecified atom stereocenters. The van der Waals surface area contributed by atoms with Gasteiger partial charge in [0.2, 0.25) is 22.9 Å². The maximum atomic E-state index is 12.6. The Labute approximate surface area is 459 Å². The second-order valence-corrected chi connectivity index (χ2v) is 17.8. The predicted octanol–water partition coefficient (Wildman–Crippen LogP) is 7.23. The summed E-state index contributed by atoms with van der Waals surface area (Å²) >= 11 is 17.0. The van der Waals surface area contributed by atoms with Crippen LogP contribution in [0.3, 0.4) is 0 Å². The number of aliphatic hydroxyl groups excluding tert-OH is 1. The molecule has 2 aromatic heterocycles. The van der Waals surface area contributed by atoms with E-state index in [1.54, 1.807) is 61.5 Å². The lowest BCUT2D eigenvalue weighted by molar-refractivity contribution is -0.165. The number of aliphatic hydroxyl groups is 1. The molecule has 78 heavy (non-hydrogen) atoms. The largest absolute Gasteiger partial charge is 0.478 e.